The third-order valence-corrected chi connectivity index (χ3v) is 3.10. The first-order valence-electron chi connectivity index (χ1n) is 6.68. The molecule has 0 radical (unpaired) electrons. The van der Waals surface area contributed by atoms with Gasteiger partial charge in [0, 0.05) is 6.07 Å². The minimum atomic E-state index is 0.698. The lowest BCUT2D eigenvalue weighted by atomic mass is 10.2. The molecule has 0 unspecified atom stereocenters. The molecule has 0 aliphatic rings. The highest BCUT2D eigenvalue weighted by molar-refractivity contribution is 5.40. The minimum Gasteiger partial charge on any atom is -0.497 e. The lowest BCUT2D eigenvalue weighted by Crippen LogP contribution is -1.94. The van der Waals surface area contributed by atoms with Crippen molar-refractivity contribution in [2.75, 3.05) is 7.11 Å². The van der Waals surface area contributed by atoms with Crippen LogP contribution in [-0.4, -0.2) is 16.9 Å². The summed E-state index contributed by atoms with van der Waals surface area (Å²) in [7, 11) is 1.65. The van der Waals surface area contributed by atoms with Crippen LogP contribution in [-0.2, 0) is 0 Å². The number of ether oxygens (including phenoxy) is 2. The van der Waals surface area contributed by atoms with Crippen molar-refractivity contribution >= 4 is 0 Å². The molecular weight excluding hydrogens is 264 g/mol. The van der Waals surface area contributed by atoms with Gasteiger partial charge in [-0.25, -0.2) is 4.68 Å². The van der Waals surface area contributed by atoms with Gasteiger partial charge in [-0.3, -0.25) is 0 Å². The quantitative estimate of drug-likeness (QED) is 0.725. The van der Waals surface area contributed by atoms with Gasteiger partial charge in [-0.2, -0.15) is 5.10 Å². The average molecular weight is 280 g/mol. The SMILES string of the molecule is COc1cccc(-n2cc(Oc3cccc(C)c3)cn2)c1. The van der Waals surface area contributed by atoms with Crippen molar-refractivity contribution in [2.45, 2.75) is 6.92 Å². The number of rotatable bonds is 4. The Labute approximate surface area is 123 Å². The Kier molecular flexibility index (Phi) is 3.60. The second kappa shape index (κ2) is 5.71. The predicted octanol–water partition coefficient (Wildman–Crippen LogP) is 3.98. The first-order valence-corrected chi connectivity index (χ1v) is 6.68. The predicted molar refractivity (Wildman–Crippen MR) is 81.4 cm³/mol. The molecule has 0 bridgehead atoms. The van der Waals surface area contributed by atoms with Crippen LogP contribution < -0.4 is 9.47 Å². The van der Waals surface area contributed by atoms with Crippen LogP contribution >= 0.6 is 0 Å². The fourth-order valence-electron chi connectivity index (χ4n) is 2.07. The van der Waals surface area contributed by atoms with E-state index in [1.807, 2.05) is 61.7 Å². The summed E-state index contributed by atoms with van der Waals surface area (Å²) in [5, 5.41) is 4.32. The van der Waals surface area contributed by atoms with Gasteiger partial charge in [0.2, 0.25) is 0 Å². The monoisotopic (exact) mass is 280 g/mol. The van der Waals surface area contributed by atoms with E-state index in [2.05, 4.69) is 5.10 Å². The summed E-state index contributed by atoms with van der Waals surface area (Å²) in [5.74, 6) is 2.30. The molecule has 0 saturated heterocycles. The van der Waals surface area contributed by atoms with Gasteiger partial charge < -0.3 is 9.47 Å². The largest absolute Gasteiger partial charge is 0.497 e. The molecule has 4 nitrogen and oxygen atoms in total. The zero-order valence-corrected chi connectivity index (χ0v) is 12.0. The smallest absolute Gasteiger partial charge is 0.165 e. The van der Waals surface area contributed by atoms with Crippen LogP contribution in [0, 0.1) is 6.92 Å². The van der Waals surface area contributed by atoms with Crippen LogP contribution in [0.4, 0.5) is 0 Å². The third-order valence-electron chi connectivity index (χ3n) is 3.10. The van der Waals surface area contributed by atoms with E-state index in [-0.39, 0.29) is 0 Å². The average Bonchev–Trinajstić information content (AvgIpc) is 2.96. The molecule has 0 N–H and O–H groups in total. The van der Waals surface area contributed by atoms with E-state index < -0.39 is 0 Å². The van der Waals surface area contributed by atoms with E-state index in [1.54, 1.807) is 18.0 Å². The van der Waals surface area contributed by atoms with Gasteiger partial charge in [-0.05, 0) is 36.8 Å². The van der Waals surface area contributed by atoms with Crippen LogP contribution in [0.2, 0.25) is 0 Å². The van der Waals surface area contributed by atoms with Crippen LogP contribution in [0.5, 0.6) is 17.2 Å². The maximum absolute atomic E-state index is 5.80. The van der Waals surface area contributed by atoms with E-state index in [4.69, 9.17) is 9.47 Å². The molecule has 4 heteroatoms. The number of nitrogens with zero attached hydrogens (tertiary/aromatic N) is 2. The number of hydrogen-bond donors (Lipinski definition) is 0. The molecule has 0 amide bonds. The Hall–Kier alpha value is -2.75. The fraction of sp³-hybridized carbons (Fsp3) is 0.118. The third kappa shape index (κ3) is 3.05. The molecule has 3 rings (SSSR count). The highest BCUT2D eigenvalue weighted by atomic mass is 16.5. The number of aryl methyl sites for hydroxylation is 1. The molecule has 0 fully saturated rings. The number of aromatic nitrogens is 2. The van der Waals surface area contributed by atoms with Gasteiger partial charge in [0.05, 0.1) is 25.2 Å². The first kappa shape index (κ1) is 13.2. The summed E-state index contributed by atoms with van der Waals surface area (Å²) in [5.41, 5.74) is 2.08. The molecule has 0 saturated carbocycles. The van der Waals surface area contributed by atoms with Gasteiger partial charge in [0.25, 0.3) is 0 Å². The van der Waals surface area contributed by atoms with E-state index in [0.29, 0.717) is 5.75 Å². The summed E-state index contributed by atoms with van der Waals surface area (Å²) < 4.78 is 12.8. The number of methoxy groups -OCH3 is 1. The summed E-state index contributed by atoms with van der Waals surface area (Å²) in [6, 6.07) is 15.6. The van der Waals surface area contributed by atoms with Crippen molar-refractivity contribution in [3.05, 3.63) is 66.5 Å². The second-order valence-electron chi connectivity index (χ2n) is 4.74. The van der Waals surface area contributed by atoms with Gasteiger partial charge in [-0.1, -0.05) is 18.2 Å². The van der Waals surface area contributed by atoms with Crippen molar-refractivity contribution in [1.82, 2.24) is 9.78 Å². The molecule has 21 heavy (non-hydrogen) atoms. The lowest BCUT2D eigenvalue weighted by molar-refractivity contribution is 0.414. The lowest BCUT2D eigenvalue weighted by Gasteiger charge is -2.04. The molecule has 1 aromatic heterocycles. The Balaban J connectivity index is 1.82. The maximum Gasteiger partial charge on any atom is 0.165 e. The normalized spacial score (nSPS) is 10.4. The summed E-state index contributed by atoms with van der Waals surface area (Å²) >= 11 is 0. The number of hydrogen-bond acceptors (Lipinski definition) is 3. The van der Waals surface area contributed by atoms with Crippen LogP contribution in [0.15, 0.2) is 60.9 Å². The van der Waals surface area contributed by atoms with E-state index >= 15 is 0 Å². The molecule has 3 aromatic rings. The molecule has 2 aromatic carbocycles. The van der Waals surface area contributed by atoms with Crippen LogP contribution in [0.3, 0.4) is 0 Å². The van der Waals surface area contributed by atoms with Crippen molar-refractivity contribution in [3.8, 4) is 22.9 Å². The highest BCUT2D eigenvalue weighted by Crippen LogP contribution is 2.23. The molecule has 0 aliphatic carbocycles. The Morgan fingerprint density at radius 3 is 2.57 bits per heavy atom. The van der Waals surface area contributed by atoms with Gasteiger partial charge >= 0.3 is 0 Å². The molecule has 0 spiro atoms. The summed E-state index contributed by atoms with van der Waals surface area (Å²) in [6.07, 6.45) is 3.54. The van der Waals surface area contributed by atoms with Crippen LogP contribution in [0.1, 0.15) is 5.56 Å². The highest BCUT2D eigenvalue weighted by Gasteiger charge is 2.04. The Bertz CT molecular complexity index is 750. The van der Waals surface area contributed by atoms with Crippen molar-refractivity contribution in [2.24, 2.45) is 0 Å². The number of benzene rings is 2. The molecule has 106 valence electrons. The van der Waals surface area contributed by atoms with Gasteiger partial charge in [0.1, 0.15) is 11.5 Å². The molecule has 0 atom stereocenters. The van der Waals surface area contributed by atoms with Crippen molar-refractivity contribution in [1.29, 1.82) is 0 Å². The maximum atomic E-state index is 5.80. The Morgan fingerprint density at radius 1 is 0.952 bits per heavy atom. The zero-order valence-electron chi connectivity index (χ0n) is 12.0. The standard InChI is InChI=1S/C17H16N2O2/c1-13-5-3-8-16(9-13)21-17-11-18-19(12-17)14-6-4-7-15(10-14)20-2/h3-12H,1-2H3. The molecule has 0 aliphatic heterocycles. The van der Waals surface area contributed by atoms with Crippen molar-refractivity contribution < 1.29 is 9.47 Å². The summed E-state index contributed by atoms with van der Waals surface area (Å²) in [4.78, 5) is 0. The first-order chi connectivity index (χ1) is 10.2. The fourth-order valence-corrected chi connectivity index (χ4v) is 2.07. The topological polar surface area (TPSA) is 36.3 Å². The molecule has 1 heterocycles. The van der Waals surface area contributed by atoms with Crippen LogP contribution in [0.25, 0.3) is 5.69 Å². The second-order valence-corrected chi connectivity index (χ2v) is 4.74. The van der Waals surface area contributed by atoms with Gasteiger partial charge in [-0.15, -0.1) is 0 Å². The van der Waals surface area contributed by atoms with E-state index in [0.717, 1.165) is 22.7 Å². The van der Waals surface area contributed by atoms with Crippen molar-refractivity contribution in [3.63, 3.8) is 0 Å². The van der Waals surface area contributed by atoms with E-state index in [9.17, 15) is 0 Å². The van der Waals surface area contributed by atoms with E-state index in [1.165, 1.54) is 0 Å². The minimum absolute atomic E-state index is 0.698. The van der Waals surface area contributed by atoms with Gasteiger partial charge in [0.15, 0.2) is 5.75 Å². The summed E-state index contributed by atoms with van der Waals surface area (Å²) in [6.45, 7) is 2.03. The zero-order chi connectivity index (χ0) is 14.7. The Morgan fingerprint density at radius 2 is 1.76 bits per heavy atom. The molecular formula is C17H16N2O2.